The van der Waals surface area contributed by atoms with Crippen LogP contribution in [0.4, 0.5) is 11.4 Å². The summed E-state index contributed by atoms with van der Waals surface area (Å²) in [7, 11) is 0. The van der Waals surface area contributed by atoms with Gasteiger partial charge in [0.1, 0.15) is 5.69 Å². The van der Waals surface area contributed by atoms with Gasteiger partial charge < -0.3 is 5.32 Å². The molecule has 2 rings (SSSR count). The van der Waals surface area contributed by atoms with Gasteiger partial charge in [-0.2, -0.15) is 0 Å². The standard InChI is InChI=1S/C15H14BrClN2O2/c1-2-13(10-4-3-5-11(16)8-10)18-14-7-6-12(17)9-15(14)19(20)21/h3-9,13,18H,2H2,1H3. The van der Waals surface area contributed by atoms with Crippen LogP contribution in [-0.2, 0) is 0 Å². The predicted molar refractivity (Wildman–Crippen MR) is 88.9 cm³/mol. The van der Waals surface area contributed by atoms with Gasteiger partial charge in [0.05, 0.1) is 11.0 Å². The molecule has 0 spiro atoms. The Morgan fingerprint density at radius 3 is 2.71 bits per heavy atom. The SMILES string of the molecule is CCC(Nc1ccc(Cl)cc1[N+](=O)[O-])c1cccc(Br)c1. The van der Waals surface area contributed by atoms with Crippen molar-refractivity contribution in [2.24, 2.45) is 0 Å². The molecule has 0 bridgehead atoms. The summed E-state index contributed by atoms with van der Waals surface area (Å²) in [5, 5.41) is 14.7. The lowest BCUT2D eigenvalue weighted by atomic mass is 10.0. The second-order valence-electron chi connectivity index (χ2n) is 4.58. The largest absolute Gasteiger partial charge is 0.373 e. The molecular weight excluding hydrogens is 356 g/mol. The molecule has 0 fully saturated rings. The van der Waals surface area contributed by atoms with E-state index < -0.39 is 4.92 Å². The molecule has 0 aliphatic carbocycles. The van der Waals surface area contributed by atoms with Gasteiger partial charge in [0.25, 0.3) is 5.69 Å². The van der Waals surface area contributed by atoms with Crippen LogP contribution in [0.2, 0.25) is 5.02 Å². The van der Waals surface area contributed by atoms with Crippen LogP contribution in [0, 0.1) is 10.1 Å². The summed E-state index contributed by atoms with van der Waals surface area (Å²) in [4.78, 5) is 10.7. The van der Waals surface area contributed by atoms with Crippen LogP contribution in [0.25, 0.3) is 0 Å². The lowest BCUT2D eigenvalue weighted by Crippen LogP contribution is -2.11. The van der Waals surface area contributed by atoms with Crippen molar-refractivity contribution in [3.8, 4) is 0 Å². The Bertz CT molecular complexity index is 664. The molecule has 0 saturated carbocycles. The Labute approximate surface area is 136 Å². The second kappa shape index (κ2) is 6.91. The van der Waals surface area contributed by atoms with Crippen molar-refractivity contribution >= 4 is 38.9 Å². The van der Waals surface area contributed by atoms with E-state index in [2.05, 4.69) is 21.2 Å². The molecule has 110 valence electrons. The van der Waals surface area contributed by atoms with Gasteiger partial charge >= 0.3 is 0 Å². The third-order valence-corrected chi connectivity index (χ3v) is 3.87. The van der Waals surface area contributed by atoms with E-state index >= 15 is 0 Å². The molecular formula is C15H14BrClN2O2. The molecule has 2 aromatic carbocycles. The number of nitrogens with zero attached hydrogens (tertiary/aromatic N) is 1. The van der Waals surface area contributed by atoms with Crippen molar-refractivity contribution in [2.45, 2.75) is 19.4 Å². The van der Waals surface area contributed by atoms with Crippen molar-refractivity contribution < 1.29 is 4.92 Å². The zero-order valence-corrected chi connectivity index (χ0v) is 13.7. The molecule has 0 amide bonds. The van der Waals surface area contributed by atoms with Crippen LogP contribution in [0.5, 0.6) is 0 Å². The van der Waals surface area contributed by atoms with E-state index in [1.165, 1.54) is 6.07 Å². The Morgan fingerprint density at radius 2 is 2.10 bits per heavy atom. The summed E-state index contributed by atoms with van der Waals surface area (Å²) in [6.45, 7) is 2.03. The molecule has 0 aromatic heterocycles. The normalized spacial score (nSPS) is 12.0. The highest BCUT2D eigenvalue weighted by molar-refractivity contribution is 9.10. The summed E-state index contributed by atoms with van der Waals surface area (Å²) in [5.74, 6) is 0. The number of rotatable bonds is 5. The number of nitro groups is 1. The van der Waals surface area contributed by atoms with Gasteiger partial charge in [0.15, 0.2) is 0 Å². The average molecular weight is 370 g/mol. The molecule has 21 heavy (non-hydrogen) atoms. The zero-order chi connectivity index (χ0) is 15.4. The smallest absolute Gasteiger partial charge is 0.293 e. The minimum absolute atomic E-state index is 0.0117. The van der Waals surface area contributed by atoms with Crippen LogP contribution >= 0.6 is 27.5 Å². The third kappa shape index (κ3) is 3.95. The minimum Gasteiger partial charge on any atom is -0.373 e. The highest BCUT2D eigenvalue weighted by Gasteiger charge is 2.18. The maximum Gasteiger partial charge on any atom is 0.293 e. The Balaban J connectivity index is 2.33. The third-order valence-electron chi connectivity index (χ3n) is 3.15. The van der Waals surface area contributed by atoms with Crippen molar-refractivity contribution in [3.63, 3.8) is 0 Å². The van der Waals surface area contributed by atoms with Crippen molar-refractivity contribution in [3.05, 3.63) is 67.6 Å². The van der Waals surface area contributed by atoms with E-state index in [1.54, 1.807) is 12.1 Å². The second-order valence-corrected chi connectivity index (χ2v) is 5.93. The van der Waals surface area contributed by atoms with Crippen molar-refractivity contribution in [1.29, 1.82) is 0 Å². The fourth-order valence-corrected chi connectivity index (χ4v) is 2.69. The monoisotopic (exact) mass is 368 g/mol. The molecule has 1 unspecified atom stereocenters. The number of hydrogen-bond acceptors (Lipinski definition) is 3. The van der Waals surface area contributed by atoms with E-state index in [0.29, 0.717) is 10.7 Å². The number of hydrogen-bond donors (Lipinski definition) is 1. The van der Waals surface area contributed by atoms with Crippen molar-refractivity contribution in [2.75, 3.05) is 5.32 Å². The summed E-state index contributed by atoms with van der Waals surface area (Å²) in [5.41, 5.74) is 1.52. The van der Waals surface area contributed by atoms with Crippen LogP contribution in [0.3, 0.4) is 0 Å². The van der Waals surface area contributed by atoms with Gasteiger partial charge in [-0.05, 0) is 36.2 Å². The van der Waals surface area contributed by atoms with E-state index in [1.807, 2.05) is 31.2 Å². The van der Waals surface area contributed by atoms with Crippen LogP contribution in [0.1, 0.15) is 24.9 Å². The first-order valence-electron chi connectivity index (χ1n) is 6.47. The topological polar surface area (TPSA) is 55.2 Å². The Morgan fingerprint density at radius 1 is 1.33 bits per heavy atom. The summed E-state index contributed by atoms with van der Waals surface area (Å²) in [6, 6.07) is 12.5. The van der Waals surface area contributed by atoms with Gasteiger partial charge in [0.2, 0.25) is 0 Å². The maximum atomic E-state index is 11.1. The molecule has 0 radical (unpaired) electrons. The molecule has 1 atom stereocenters. The van der Waals surface area contributed by atoms with Gasteiger partial charge in [-0.15, -0.1) is 0 Å². The number of anilines is 1. The van der Waals surface area contributed by atoms with Gasteiger partial charge in [-0.3, -0.25) is 10.1 Å². The molecule has 2 aromatic rings. The number of nitrogens with one attached hydrogen (secondary N) is 1. The number of halogens is 2. The van der Waals surface area contributed by atoms with E-state index in [9.17, 15) is 10.1 Å². The van der Waals surface area contributed by atoms with Crippen LogP contribution in [-0.4, -0.2) is 4.92 Å². The fraction of sp³-hybridized carbons (Fsp3) is 0.200. The van der Waals surface area contributed by atoms with Crippen LogP contribution in [0.15, 0.2) is 46.9 Å². The molecule has 1 N–H and O–H groups in total. The fourth-order valence-electron chi connectivity index (χ4n) is 2.11. The summed E-state index contributed by atoms with van der Waals surface area (Å²) < 4.78 is 0.978. The van der Waals surface area contributed by atoms with Crippen LogP contribution < -0.4 is 5.32 Å². The zero-order valence-electron chi connectivity index (χ0n) is 11.3. The van der Waals surface area contributed by atoms with Gasteiger partial charge in [-0.1, -0.05) is 46.6 Å². The molecule has 0 heterocycles. The number of nitro benzene ring substituents is 1. The molecule has 0 aliphatic rings. The first-order chi connectivity index (χ1) is 10.0. The first-order valence-corrected chi connectivity index (χ1v) is 7.64. The predicted octanol–water partition coefficient (Wildman–Crippen LogP) is 5.57. The van der Waals surface area contributed by atoms with Gasteiger partial charge in [0, 0.05) is 15.6 Å². The first kappa shape index (κ1) is 15.8. The molecule has 0 aliphatic heterocycles. The number of benzene rings is 2. The quantitative estimate of drug-likeness (QED) is 0.553. The highest BCUT2D eigenvalue weighted by Crippen LogP contribution is 2.32. The summed E-state index contributed by atoms with van der Waals surface area (Å²) in [6.07, 6.45) is 0.802. The maximum absolute atomic E-state index is 11.1. The van der Waals surface area contributed by atoms with Gasteiger partial charge in [-0.25, -0.2) is 0 Å². The van der Waals surface area contributed by atoms with E-state index in [0.717, 1.165) is 16.5 Å². The van der Waals surface area contributed by atoms with E-state index in [-0.39, 0.29) is 11.7 Å². The Hall–Kier alpha value is -1.59. The Kier molecular flexibility index (Phi) is 5.20. The lowest BCUT2D eigenvalue weighted by Gasteiger charge is -2.19. The molecule has 4 nitrogen and oxygen atoms in total. The minimum atomic E-state index is -0.429. The summed E-state index contributed by atoms with van der Waals surface area (Å²) >= 11 is 9.27. The average Bonchev–Trinajstić information content (AvgIpc) is 2.45. The molecule has 6 heteroatoms. The van der Waals surface area contributed by atoms with E-state index in [4.69, 9.17) is 11.6 Å². The molecule has 0 saturated heterocycles. The lowest BCUT2D eigenvalue weighted by molar-refractivity contribution is -0.384. The van der Waals surface area contributed by atoms with Crippen molar-refractivity contribution in [1.82, 2.24) is 0 Å². The highest BCUT2D eigenvalue weighted by atomic mass is 79.9.